The van der Waals surface area contributed by atoms with Crippen molar-refractivity contribution in [3.63, 3.8) is 0 Å². The summed E-state index contributed by atoms with van der Waals surface area (Å²) in [5.74, 6) is -0.0759. The van der Waals surface area contributed by atoms with Crippen molar-refractivity contribution in [2.24, 2.45) is 0 Å². The van der Waals surface area contributed by atoms with Crippen molar-refractivity contribution >= 4 is 29.1 Å². The lowest BCUT2D eigenvalue weighted by Crippen LogP contribution is -2.28. The van der Waals surface area contributed by atoms with Gasteiger partial charge in [0.1, 0.15) is 34.8 Å². The Hall–Kier alpha value is -3.45. The van der Waals surface area contributed by atoms with Gasteiger partial charge in [0.2, 0.25) is 0 Å². The van der Waals surface area contributed by atoms with Gasteiger partial charge in [0, 0.05) is 5.56 Å². The maximum Gasteiger partial charge on any atom is 0.296 e. The number of halogens is 1. The maximum absolute atomic E-state index is 13.0. The maximum atomic E-state index is 13.0. The van der Waals surface area contributed by atoms with E-state index >= 15 is 0 Å². The molecule has 1 aliphatic rings. The second-order valence-corrected chi connectivity index (χ2v) is 7.44. The third-order valence-corrected chi connectivity index (χ3v) is 5.31. The van der Waals surface area contributed by atoms with Crippen LogP contribution in [0.5, 0.6) is 5.75 Å². The number of ether oxygens (including phenoxy) is 1. The average molecular weight is 442 g/mol. The van der Waals surface area contributed by atoms with Gasteiger partial charge in [0.05, 0.1) is 30.0 Å². The number of aliphatic hydroxyl groups is 1. The van der Waals surface area contributed by atoms with Crippen LogP contribution in [0.15, 0.2) is 63.1 Å². The molecule has 1 fully saturated rings. The first-order valence-corrected chi connectivity index (χ1v) is 10.1. The molecule has 1 saturated heterocycles. The zero-order chi connectivity index (χ0) is 22.1. The lowest BCUT2D eigenvalue weighted by molar-refractivity contribution is -0.140. The summed E-state index contributed by atoms with van der Waals surface area (Å²) in [5.41, 5.74) is 0.0818. The molecule has 1 unspecified atom stereocenters. The number of furan rings is 2. The van der Waals surface area contributed by atoms with Crippen LogP contribution in [0.2, 0.25) is 5.02 Å². The third kappa shape index (κ3) is 3.84. The van der Waals surface area contributed by atoms with E-state index in [2.05, 4.69) is 0 Å². The monoisotopic (exact) mass is 441 g/mol. The Morgan fingerprint density at radius 1 is 1.23 bits per heavy atom. The Balaban J connectivity index is 1.87. The molecule has 0 saturated carbocycles. The van der Waals surface area contributed by atoms with Crippen LogP contribution in [0.4, 0.5) is 0 Å². The first-order chi connectivity index (χ1) is 14.9. The minimum Gasteiger partial charge on any atom is -0.507 e. The number of carbonyl (C=O) groups excluding carboxylic acids is 2. The van der Waals surface area contributed by atoms with E-state index < -0.39 is 23.5 Å². The van der Waals surface area contributed by atoms with Crippen molar-refractivity contribution in [2.45, 2.75) is 26.4 Å². The number of nitrogens with zero attached hydrogens (tertiary/aromatic N) is 1. The zero-order valence-electron chi connectivity index (χ0n) is 16.9. The number of carbonyl (C=O) groups is 2. The molecule has 1 aliphatic heterocycles. The fraction of sp³-hybridized carbons (Fsp3) is 0.217. The summed E-state index contributed by atoms with van der Waals surface area (Å²) >= 11 is 6.31. The predicted molar refractivity (Wildman–Crippen MR) is 113 cm³/mol. The lowest BCUT2D eigenvalue weighted by Gasteiger charge is -2.22. The fourth-order valence-electron chi connectivity index (χ4n) is 3.60. The molecule has 0 radical (unpaired) electrons. The number of aryl methyl sites for hydroxylation is 1. The van der Waals surface area contributed by atoms with Gasteiger partial charge in [-0.05, 0) is 56.3 Å². The number of ketones is 1. The van der Waals surface area contributed by atoms with Crippen molar-refractivity contribution in [3.05, 3.63) is 82.2 Å². The Morgan fingerprint density at radius 2 is 2.03 bits per heavy atom. The number of benzene rings is 1. The van der Waals surface area contributed by atoms with Gasteiger partial charge in [-0.15, -0.1) is 0 Å². The van der Waals surface area contributed by atoms with E-state index in [1.54, 1.807) is 43.3 Å². The fourth-order valence-corrected chi connectivity index (χ4v) is 3.80. The number of Topliss-reactive ketones (excluding diaryl/α,β-unsaturated/α-hetero) is 1. The molecule has 1 amide bonds. The lowest BCUT2D eigenvalue weighted by atomic mass is 9.99. The molecule has 31 heavy (non-hydrogen) atoms. The molecule has 0 spiro atoms. The van der Waals surface area contributed by atoms with E-state index in [1.165, 1.54) is 17.2 Å². The molecule has 0 bridgehead atoms. The molecular weight excluding hydrogens is 422 g/mol. The molecule has 1 atom stereocenters. The van der Waals surface area contributed by atoms with Crippen molar-refractivity contribution in [1.29, 1.82) is 0 Å². The Morgan fingerprint density at radius 3 is 2.68 bits per heavy atom. The summed E-state index contributed by atoms with van der Waals surface area (Å²) in [6.07, 6.45) is 1.48. The second kappa shape index (κ2) is 8.35. The SMILES string of the molecule is CCOc1ccc(Cl)c(/C(O)=C2\C(=O)C(=O)N(Cc3ccco3)C2c2ccc(C)o2)c1. The van der Waals surface area contributed by atoms with Crippen molar-refractivity contribution in [3.8, 4) is 5.75 Å². The van der Waals surface area contributed by atoms with Crippen LogP contribution in [0.1, 0.15) is 35.8 Å². The number of aliphatic hydroxyl groups excluding tert-OH is 1. The molecule has 7 nitrogen and oxygen atoms in total. The molecular formula is C23H20ClNO6. The summed E-state index contributed by atoms with van der Waals surface area (Å²) in [4.78, 5) is 27.2. The van der Waals surface area contributed by atoms with Crippen LogP contribution < -0.4 is 4.74 Å². The van der Waals surface area contributed by atoms with Crippen molar-refractivity contribution < 1.29 is 28.3 Å². The van der Waals surface area contributed by atoms with E-state index in [0.717, 1.165) is 0 Å². The molecule has 4 rings (SSSR count). The van der Waals surface area contributed by atoms with Crippen LogP contribution in [-0.4, -0.2) is 28.3 Å². The Bertz CT molecular complexity index is 1160. The van der Waals surface area contributed by atoms with E-state index in [1.807, 2.05) is 6.92 Å². The van der Waals surface area contributed by atoms with Gasteiger partial charge in [-0.1, -0.05) is 11.6 Å². The average Bonchev–Trinajstić information content (AvgIpc) is 3.46. The first kappa shape index (κ1) is 20.8. The van der Waals surface area contributed by atoms with Gasteiger partial charge in [-0.3, -0.25) is 9.59 Å². The normalized spacial score (nSPS) is 18.0. The highest BCUT2D eigenvalue weighted by Crippen LogP contribution is 2.42. The minimum atomic E-state index is -0.939. The van der Waals surface area contributed by atoms with Crippen LogP contribution in [0.25, 0.3) is 5.76 Å². The summed E-state index contributed by atoms with van der Waals surface area (Å²) < 4.78 is 16.6. The highest BCUT2D eigenvalue weighted by Gasteiger charge is 2.48. The van der Waals surface area contributed by atoms with Crippen LogP contribution in [0, 0.1) is 6.92 Å². The second-order valence-electron chi connectivity index (χ2n) is 7.03. The molecule has 8 heteroatoms. The molecule has 0 aliphatic carbocycles. The van der Waals surface area contributed by atoms with Crippen LogP contribution in [-0.2, 0) is 16.1 Å². The van der Waals surface area contributed by atoms with Gasteiger partial charge < -0.3 is 23.6 Å². The number of hydrogen-bond acceptors (Lipinski definition) is 6. The Labute approximate surface area is 183 Å². The highest BCUT2D eigenvalue weighted by atomic mass is 35.5. The van der Waals surface area contributed by atoms with Gasteiger partial charge in [-0.2, -0.15) is 0 Å². The minimum absolute atomic E-state index is 0.0332. The van der Waals surface area contributed by atoms with Crippen LogP contribution >= 0.6 is 11.6 Å². The van der Waals surface area contributed by atoms with Crippen LogP contribution in [0.3, 0.4) is 0 Å². The van der Waals surface area contributed by atoms with Crippen molar-refractivity contribution in [1.82, 2.24) is 4.90 Å². The highest BCUT2D eigenvalue weighted by molar-refractivity contribution is 6.46. The summed E-state index contributed by atoms with van der Waals surface area (Å²) in [7, 11) is 0. The molecule has 160 valence electrons. The smallest absolute Gasteiger partial charge is 0.296 e. The summed E-state index contributed by atoms with van der Waals surface area (Å²) in [5, 5.41) is 11.4. The largest absolute Gasteiger partial charge is 0.507 e. The number of hydrogen-bond donors (Lipinski definition) is 1. The van der Waals surface area contributed by atoms with Gasteiger partial charge in [-0.25, -0.2) is 0 Å². The quantitative estimate of drug-likeness (QED) is 0.334. The molecule has 3 heterocycles. The number of amides is 1. The molecule has 2 aromatic heterocycles. The zero-order valence-corrected chi connectivity index (χ0v) is 17.7. The standard InChI is InChI=1S/C23H20ClNO6/c1-3-29-14-7-8-17(24)16(11-14)21(26)19-20(18-9-6-13(2)31-18)25(23(28)22(19)27)12-15-5-4-10-30-15/h4-11,20,26H,3,12H2,1-2H3/b21-19+. The number of rotatable bonds is 6. The third-order valence-electron chi connectivity index (χ3n) is 4.98. The molecule has 1 N–H and O–H groups in total. The number of likely N-dealkylation sites (tertiary alicyclic amines) is 1. The first-order valence-electron chi connectivity index (χ1n) is 9.70. The van der Waals surface area contributed by atoms with E-state index in [9.17, 15) is 14.7 Å². The van der Waals surface area contributed by atoms with E-state index in [0.29, 0.717) is 29.6 Å². The topological polar surface area (TPSA) is 93.1 Å². The molecule has 3 aromatic rings. The summed E-state index contributed by atoms with van der Waals surface area (Å²) in [6, 6.07) is 10.6. The predicted octanol–water partition coefficient (Wildman–Crippen LogP) is 4.86. The van der Waals surface area contributed by atoms with E-state index in [4.69, 9.17) is 25.2 Å². The van der Waals surface area contributed by atoms with Crippen molar-refractivity contribution in [2.75, 3.05) is 6.61 Å². The van der Waals surface area contributed by atoms with Gasteiger partial charge in [0.15, 0.2) is 0 Å². The van der Waals surface area contributed by atoms with Gasteiger partial charge >= 0.3 is 0 Å². The Kier molecular flexibility index (Phi) is 5.61. The summed E-state index contributed by atoms with van der Waals surface area (Å²) in [6.45, 7) is 4.03. The van der Waals surface area contributed by atoms with E-state index in [-0.39, 0.29) is 22.7 Å². The van der Waals surface area contributed by atoms with Gasteiger partial charge in [0.25, 0.3) is 11.7 Å². The molecule has 1 aromatic carbocycles.